The Labute approximate surface area is 131 Å². The fourth-order valence-electron chi connectivity index (χ4n) is 1.89. The fourth-order valence-corrected chi connectivity index (χ4v) is 2.65. The summed E-state index contributed by atoms with van der Waals surface area (Å²) >= 11 is 6.59. The first kappa shape index (κ1) is 13.6. The zero-order chi connectivity index (χ0) is 14.1. The Morgan fingerprint density at radius 1 is 1.15 bits per heavy atom. The van der Waals surface area contributed by atoms with Crippen LogP contribution in [0.4, 0.5) is 0 Å². The summed E-state index contributed by atoms with van der Waals surface area (Å²) < 4.78 is 12.5. The number of nitrogens with one attached hydrogen (secondary N) is 1. The molecule has 0 atom stereocenters. The lowest BCUT2D eigenvalue weighted by Gasteiger charge is -2.11. The van der Waals surface area contributed by atoms with Gasteiger partial charge in [-0.25, -0.2) is 4.98 Å². The lowest BCUT2D eigenvalue weighted by molar-refractivity contribution is 0.296. The van der Waals surface area contributed by atoms with Crippen molar-refractivity contribution in [1.29, 1.82) is 0 Å². The van der Waals surface area contributed by atoms with Crippen LogP contribution in [0.3, 0.4) is 0 Å². The van der Waals surface area contributed by atoms with E-state index in [-0.39, 0.29) is 5.56 Å². The van der Waals surface area contributed by atoms with Crippen molar-refractivity contribution >= 4 is 31.9 Å². The molecule has 3 rings (SSSR count). The zero-order valence-corrected chi connectivity index (χ0v) is 13.5. The van der Waals surface area contributed by atoms with Crippen LogP contribution in [0, 0.1) is 0 Å². The number of halogens is 2. The summed E-state index contributed by atoms with van der Waals surface area (Å²) in [4.78, 5) is 18.5. The van der Waals surface area contributed by atoms with Crippen molar-refractivity contribution in [2.24, 2.45) is 0 Å². The minimum Gasteiger partial charge on any atom is -0.489 e. The van der Waals surface area contributed by atoms with Gasteiger partial charge in [-0.3, -0.25) is 4.79 Å². The van der Waals surface area contributed by atoms with Crippen molar-refractivity contribution in [3.05, 3.63) is 37.6 Å². The van der Waals surface area contributed by atoms with Crippen LogP contribution in [0.1, 0.15) is 6.42 Å². The van der Waals surface area contributed by atoms with E-state index in [9.17, 15) is 4.79 Å². The summed E-state index contributed by atoms with van der Waals surface area (Å²) in [6, 6.07) is 3.66. The van der Waals surface area contributed by atoms with Crippen molar-refractivity contribution in [1.82, 2.24) is 9.97 Å². The van der Waals surface area contributed by atoms with Crippen LogP contribution in [-0.4, -0.2) is 23.2 Å². The van der Waals surface area contributed by atoms with E-state index in [0.717, 1.165) is 16.5 Å². The third kappa shape index (κ3) is 2.60. The first-order valence-electron chi connectivity index (χ1n) is 5.99. The maximum atomic E-state index is 11.6. The molecule has 7 heteroatoms. The maximum Gasteiger partial charge on any atom is 0.265 e. The normalized spacial score (nSPS) is 13.9. The quantitative estimate of drug-likeness (QED) is 0.797. The average Bonchev–Trinajstić information content (AvgIpc) is 2.67. The van der Waals surface area contributed by atoms with Gasteiger partial charge in [0.05, 0.1) is 17.7 Å². The minimum absolute atomic E-state index is 0.224. The Hall–Kier alpha value is -1.34. The molecule has 1 N–H and O–H groups in total. The number of ether oxygens (including phenoxy) is 2. The molecule has 1 aliphatic heterocycles. The molecule has 20 heavy (non-hydrogen) atoms. The monoisotopic (exact) mass is 400 g/mol. The van der Waals surface area contributed by atoms with Crippen molar-refractivity contribution in [2.45, 2.75) is 6.42 Å². The fraction of sp³-hybridized carbons (Fsp3) is 0.231. The minimum atomic E-state index is -0.224. The van der Waals surface area contributed by atoms with Crippen LogP contribution >= 0.6 is 31.9 Å². The number of aromatic amines is 1. The van der Waals surface area contributed by atoms with E-state index in [0.29, 0.717) is 35.0 Å². The van der Waals surface area contributed by atoms with Crippen molar-refractivity contribution in [3.63, 3.8) is 0 Å². The second kappa shape index (κ2) is 5.57. The highest BCUT2D eigenvalue weighted by Gasteiger charge is 2.16. The molecule has 1 aromatic carbocycles. The van der Waals surface area contributed by atoms with Crippen LogP contribution in [0.5, 0.6) is 11.5 Å². The summed E-state index contributed by atoms with van der Waals surface area (Å²) in [6.07, 6.45) is 2.31. The lowest BCUT2D eigenvalue weighted by Crippen LogP contribution is -2.09. The third-order valence-corrected chi connectivity index (χ3v) is 3.99. The van der Waals surface area contributed by atoms with Crippen LogP contribution in [0.15, 0.2) is 32.1 Å². The molecule has 0 spiro atoms. The van der Waals surface area contributed by atoms with Crippen LogP contribution in [-0.2, 0) is 0 Å². The molecule has 0 fully saturated rings. The van der Waals surface area contributed by atoms with E-state index in [4.69, 9.17) is 9.47 Å². The van der Waals surface area contributed by atoms with Gasteiger partial charge in [0.1, 0.15) is 10.3 Å². The first-order chi connectivity index (χ1) is 9.65. The smallest absolute Gasteiger partial charge is 0.265 e. The van der Waals surface area contributed by atoms with Gasteiger partial charge in [0.15, 0.2) is 11.5 Å². The second-order valence-electron chi connectivity index (χ2n) is 4.24. The SMILES string of the molecule is O=c1[nH]c(-c2cc(Br)c3c(c2)OCCCO3)ncc1Br. The van der Waals surface area contributed by atoms with Gasteiger partial charge in [-0.1, -0.05) is 0 Å². The Bertz CT molecular complexity index is 715. The lowest BCUT2D eigenvalue weighted by atomic mass is 10.2. The molecule has 0 saturated heterocycles. The van der Waals surface area contributed by atoms with Gasteiger partial charge < -0.3 is 14.5 Å². The molecule has 104 valence electrons. The molecular formula is C13H10Br2N2O3. The summed E-state index contributed by atoms with van der Waals surface area (Å²) in [5.41, 5.74) is 0.531. The van der Waals surface area contributed by atoms with Gasteiger partial charge in [0.25, 0.3) is 5.56 Å². The van der Waals surface area contributed by atoms with Gasteiger partial charge in [-0.05, 0) is 44.0 Å². The average molecular weight is 402 g/mol. The predicted octanol–water partition coefficient (Wildman–Crippen LogP) is 3.12. The molecule has 2 heterocycles. The highest BCUT2D eigenvalue weighted by Crippen LogP contribution is 2.40. The molecule has 0 unspecified atom stereocenters. The van der Waals surface area contributed by atoms with E-state index in [2.05, 4.69) is 41.8 Å². The van der Waals surface area contributed by atoms with Crippen molar-refractivity contribution in [3.8, 4) is 22.9 Å². The number of H-pyrrole nitrogens is 1. The Morgan fingerprint density at radius 3 is 2.75 bits per heavy atom. The highest BCUT2D eigenvalue weighted by atomic mass is 79.9. The summed E-state index contributed by atoms with van der Waals surface area (Å²) in [5, 5.41) is 0. The van der Waals surface area contributed by atoms with Crippen LogP contribution in [0.25, 0.3) is 11.4 Å². The van der Waals surface area contributed by atoms with Gasteiger partial charge in [-0.2, -0.15) is 0 Å². The maximum absolute atomic E-state index is 11.6. The highest BCUT2D eigenvalue weighted by molar-refractivity contribution is 9.10. The molecule has 0 aliphatic carbocycles. The topological polar surface area (TPSA) is 64.2 Å². The van der Waals surface area contributed by atoms with Gasteiger partial charge in [0, 0.05) is 18.2 Å². The van der Waals surface area contributed by atoms with Crippen LogP contribution in [0.2, 0.25) is 0 Å². The number of hydrogen-bond acceptors (Lipinski definition) is 4. The van der Waals surface area contributed by atoms with Crippen LogP contribution < -0.4 is 15.0 Å². The van der Waals surface area contributed by atoms with Gasteiger partial charge in [0.2, 0.25) is 0 Å². The molecule has 0 amide bonds. The molecule has 0 radical (unpaired) electrons. The summed E-state index contributed by atoms with van der Waals surface area (Å²) in [7, 11) is 0. The van der Waals surface area contributed by atoms with Gasteiger partial charge >= 0.3 is 0 Å². The van der Waals surface area contributed by atoms with E-state index in [1.165, 1.54) is 6.20 Å². The molecule has 1 aliphatic rings. The number of benzene rings is 1. The predicted molar refractivity (Wildman–Crippen MR) is 81.3 cm³/mol. The largest absolute Gasteiger partial charge is 0.489 e. The van der Waals surface area contributed by atoms with E-state index in [1.54, 1.807) is 0 Å². The molecule has 0 saturated carbocycles. The number of fused-ring (bicyclic) bond motifs is 1. The summed E-state index contributed by atoms with van der Waals surface area (Å²) in [5.74, 6) is 1.82. The molecule has 2 aromatic rings. The van der Waals surface area contributed by atoms with Crippen molar-refractivity contribution < 1.29 is 9.47 Å². The van der Waals surface area contributed by atoms with E-state index >= 15 is 0 Å². The number of rotatable bonds is 1. The van der Waals surface area contributed by atoms with Gasteiger partial charge in [-0.15, -0.1) is 0 Å². The van der Waals surface area contributed by atoms with E-state index < -0.39 is 0 Å². The number of hydrogen-bond donors (Lipinski definition) is 1. The standard InChI is InChI=1S/C13H10Br2N2O3/c14-8-4-7(12-16-6-9(15)13(18)17-12)5-10-11(8)20-3-1-2-19-10/h4-6H,1-3H2,(H,16,17,18). The molecule has 5 nitrogen and oxygen atoms in total. The Kier molecular flexibility index (Phi) is 3.80. The number of nitrogens with zero attached hydrogens (tertiary/aromatic N) is 1. The second-order valence-corrected chi connectivity index (χ2v) is 5.95. The molecule has 1 aromatic heterocycles. The molecular weight excluding hydrogens is 392 g/mol. The Balaban J connectivity index is 2.10. The van der Waals surface area contributed by atoms with E-state index in [1.807, 2.05) is 12.1 Å². The van der Waals surface area contributed by atoms with Crippen molar-refractivity contribution in [2.75, 3.05) is 13.2 Å². The third-order valence-electron chi connectivity index (χ3n) is 2.83. The molecule has 0 bridgehead atoms. The first-order valence-corrected chi connectivity index (χ1v) is 7.58. The summed E-state index contributed by atoms with van der Waals surface area (Å²) in [6.45, 7) is 1.23. The zero-order valence-electron chi connectivity index (χ0n) is 10.3. The Morgan fingerprint density at radius 2 is 1.95 bits per heavy atom. The number of aromatic nitrogens is 2.